The van der Waals surface area contributed by atoms with E-state index in [-0.39, 0.29) is 17.1 Å². The Hall–Kier alpha value is -1.50. The van der Waals surface area contributed by atoms with Gasteiger partial charge in [-0.3, -0.25) is 4.99 Å². The van der Waals surface area contributed by atoms with Gasteiger partial charge in [0.05, 0.1) is 12.7 Å². The van der Waals surface area contributed by atoms with Gasteiger partial charge in [-0.1, -0.05) is 13.8 Å². The topological polar surface area (TPSA) is 75.2 Å². The first-order valence-electron chi connectivity index (χ1n) is 8.65. The highest BCUT2D eigenvalue weighted by Crippen LogP contribution is 2.51. The van der Waals surface area contributed by atoms with Crippen LogP contribution in [0.4, 0.5) is 4.79 Å². The van der Waals surface area contributed by atoms with Gasteiger partial charge in [0.25, 0.3) is 0 Å². The van der Waals surface area contributed by atoms with Crippen LogP contribution >= 0.6 is 0 Å². The van der Waals surface area contributed by atoms with Gasteiger partial charge in [-0.2, -0.15) is 0 Å². The molecule has 2 aliphatic rings. The van der Waals surface area contributed by atoms with E-state index in [1.54, 1.807) is 19.1 Å². The van der Waals surface area contributed by atoms with E-state index in [1.807, 2.05) is 0 Å². The van der Waals surface area contributed by atoms with Crippen LogP contribution < -0.4 is 10.6 Å². The Kier molecular flexibility index (Phi) is 5.63. The van der Waals surface area contributed by atoms with Crippen molar-refractivity contribution in [2.75, 3.05) is 34.4 Å². The number of hydrogen-bond acceptors (Lipinski definition) is 4. The predicted octanol–water partition coefficient (Wildman–Crippen LogP) is 1.59. The molecule has 138 valence electrons. The molecule has 2 rings (SSSR count). The molecule has 2 unspecified atom stereocenters. The van der Waals surface area contributed by atoms with E-state index in [4.69, 9.17) is 9.47 Å². The van der Waals surface area contributed by atoms with E-state index >= 15 is 0 Å². The minimum absolute atomic E-state index is 0.0353. The molecule has 1 aliphatic heterocycles. The van der Waals surface area contributed by atoms with Crippen molar-refractivity contribution in [3.63, 3.8) is 0 Å². The molecule has 1 heterocycles. The van der Waals surface area contributed by atoms with E-state index in [9.17, 15) is 4.79 Å². The van der Waals surface area contributed by atoms with Gasteiger partial charge in [-0.25, -0.2) is 4.79 Å². The molecule has 1 aliphatic carbocycles. The van der Waals surface area contributed by atoms with Gasteiger partial charge in [-0.05, 0) is 26.2 Å². The highest BCUT2D eigenvalue weighted by atomic mass is 16.5. The number of methoxy groups -OCH3 is 2. The van der Waals surface area contributed by atoms with Crippen molar-refractivity contribution >= 4 is 12.1 Å². The zero-order chi connectivity index (χ0) is 18.0. The minimum Gasteiger partial charge on any atom is -0.453 e. The highest BCUT2D eigenvalue weighted by Gasteiger charge is 2.58. The molecule has 2 fully saturated rings. The minimum atomic E-state index is -0.244. The van der Waals surface area contributed by atoms with Crippen LogP contribution in [0.15, 0.2) is 4.99 Å². The summed E-state index contributed by atoms with van der Waals surface area (Å²) in [7, 11) is 4.99. The Labute approximate surface area is 145 Å². The third-order valence-electron chi connectivity index (χ3n) is 6.08. The quantitative estimate of drug-likeness (QED) is 0.603. The SMILES string of the molecule is CN=C(NC1CCN(C(=O)OC)CC1)NC1CC(C)(OC)C1(C)C. The number of piperidine rings is 1. The number of nitrogens with zero attached hydrogens (tertiary/aromatic N) is 2. The van der Waals surface area contributed by atoms with Gasteiger partial charge >= 0.3 is 6.09 Å². The molecule has 0 bridgehead atoms. The maximum atomic E-state index is 11.5. The highest BCUT2D eigenvalue weighted by molar-refractivity contribution is 5.80. The lowest BCUT2D eigenvalue weighted by molar-refractivity contribution is -0.176. The molecule has 7 heteroatoms. The van der Waals surface area contributed by atoms with Crippen LogP contribution in [0.1, 0.15) is 40.0 Å². The van der Waals surface area contributed by atoms with E-state index in [2.05, 4.69) is 36.4 Å². The van der Waals surface area contributed by atoms with Gasteiger partial charge in [0, 0.05) is 44.7 Å². The molecule has 1 amide bonds. The van der Waals surface area contributed by atoms with Crippen LogP contribution in [0.3, 0.4) is 0 Å². The normalized spacial score (nSPS) is 30.5. The van der Waals surface area contributed by atoms with Crippen molar-refractivity contribution in [2.24, 2.45) is 10.4 Å². The molecule has 1 saturated carbocycles. The second kappa shape index (κ2) is 7.17. The first-order chi connectivity index (χ1) is 11.3. The summed E-state index contributed by atoms with van der Waals surface area (Å²) in [6.45, 7) is 8.01. The standard InChI is InChI=1S/C17H32N4O3/c1-16(2)13(11-17(16,3)24-6)20-14(18-4)19-12-7-9-21(10-8-12)15(22)23-5/h12-13H,7-11H2,1-6H3,(H2,18,19,20). The van der Waals surface area contributed by atoms with E-state index in [0.29, 0.717) is 25.2 Å². The summed E-state index contributed by atoms with van der Waals surface area (Å²) in [6, 6.07) is 0.637. The average Bonchev–Trinajstić information content (AvgIpc) is 2.59. The lowest BCUT2D eigenvalue weighted by atomic mass is 9.56. The van der Waals surface area contributed by atoms with Gasteiger partial charge in [0.1, 0.15) is 0 Å². The average molecular weight is 340 g/mol. The number of ether oxygens (including phenoxy) is 2. The van der Waals surface area contributed by atoms with Crippen LogP contribution in [0, 0.1) is 5.41 Å². The van der Waals surface area contributed by atoms with E-state index in [1.165, 1.54) is 7.11 Å². The van der Waals surface area contributed by atoms with Crippen LogP contribution in [0.5, 0.6) is 0 Å². The second-order valence-electron chi connectivity index (χ2n) is 7.51. The molecule has 2 atom stereocenters. The number of guanidine groups is 1. The number of aliphatic imine (C=N–C) groups is 1. The van der Waals surface area contributed by atoms with Crippen molar-refractivity contribution in [3.05, 3.63) is 0 Å². The second-order valence-corrected chi connectivity index (χ2v) is 7.51. The van der Waals surface area contributed by atoms with Crippen molar-refractivity contribution < 1.29 is 14.3 Å². The summed E-state index contributed by atoms with van der Waals surface area (Å²) < 4.78 is 10.5. The molecule has 1 saturated heterocycles. The molecular weight excluding hydrogens is 308 g/mol. The van der Waals surface area contributed by atoms with Crippen molar-refractivity contribution in [1.82, 2.24) is 15.5 Å². The monoisotopic (exact) mass is 340 g/mol. The van der Waals surface area contributed by atoms with Gasteiger partial charge in [0.15, 0.2) is 5.96 Å². The van der Waals surface area contributed by atoms with Crippen LogP contribution in [0.2, 0.25) is 0 Å². The van der Waals surface area contributed by atoms with E-state index < -0.39 is 0 Å². The molecule has 24 heavy (non-hydrogen) atoms. The Morgan fingerprint density at radius 3 is 2.25 bits per heavy atom. The summed E-state index contributed by atoms with van der Waals surface area (Å²) in [5.74, 6) is 0.822. The summed E-state index contributed by atoms with van der Waals surface area (Å²) >= 11 is 0. The molecule has 2 N–H and O–H groups in total. The largest absolute Gasteiger partial charge is 0.453 e. The Bertz CT molecular complexity index is 486. The van der Waals surface area contributed by atoms with Crippen molar-refractivity contribution in [2.45, 2.75) is 57.7 Å². The third-order valence-corrected chi connectivity index (χ3v) is 6.08. The Morgan fingerprint density at radius 2 is 1.79 bits per heavy atom. The number of hydrogen-bond donors (Lipinski definition) is 2. The smallest absolute Gasteiger partial charge is 0.409 e. The number of carbonyl (C=O) groups is 1. The van der Waals surface area contributed by atoms with E-state index in [0.717, 1.165) is 25.2 Å². The summed E-state index contributed by atoms with van der Waals surface area (Å²) in [4.78, 5) is 17.6. The first-order valence-corrected chi connectivity index (χ1v) is 8.65. The number of carbonyl (C=O) groups excluding carboxylic acids is 1. The molecular formula is C17H32N4O3. The summed E-state index contributed by atoms with van der Waals surface area (Å²) in [6.07, 6.45) is 2.49. The fraction of sp³-hybridized carbons (Fsp3) is 0.882. The zero-order valence-electron chi connectivity index (χ0n) is 15.8. The lowest BCUT2D eigenvalue weighted by Gasteiger charge is -2.59. The number of nitrogens with one attached hydrogen (secondary N) is 2. The summed E-state index contributed by atoms with van der Waals surface area (Å²) in [5, 5.41) is 7.01. The van der Waals surface area contributed by atoms with Crippen LogP contribution in [0.25, 0.3) is 0 Å². The molecule has 0 spiro atoms. The maximum absolute atomic E-state index is 11.5. The number of amides is 1. The fourth-order valence-corrected chi connectivity index (χ4v) is 3.59. The van der Waals surface area contributed by atoms with Crippen molar-refractivity contribution in [1.29, 1.82) is 0 Å². The third kappa shape index (κ3) is 3.45. The number of likely N-dealkylation sites (tertiary alicyclic amines) is 1. The van der Waals surface area contributed by atoms with Crippen LogP contribution in [-0.4, -0.2) is 69.0 Å². The zero-order valence-corrected chi connectivity index (χ0v) is 15.8. The van der Waals surface area contributed by atoms with Crippen molar-refractivity contribution in [3.8, 4) is 0 Å². The molecule has 7 nitrogen and oxygen atoms in total. The van der Waals surface area contributed by atoms with Gasteiger partial charge in [0.2, 0.25) is 0 Å². The fourth-order valence-electron chi connectivity index (χ4n) is 3.59. The van der Waals surface area contributed by atoms with Gasteiger partial charge < -0.3 is 25.0 Å². The lowest BCUT2D eigenvalue weighted by Crippen LogP contribution is -2.69. The van der Waals surface area contributed by atoms with Gasteiger partial charge in [-0.15, -0.1) is 0 Å². The Morgan fingerprint density at radius 1 is 1.17 bits per heavy atom. The molecule has 0 aromatic carbocycles. The molecule has 0 radical (unpaired) electrons. The molecule has 0 aromatic rings. The predicted molar refractivity (Wildman–Crippen MR) is 94.2 cm³/mol. The first kappa shape index (κ1) is 18.8. The number of rotatable bonds is 3. The Balaban J connectivity index is 1.84. The maximum Gasteiger partial charge on any atom is 0.409 e. The molecule has 0 aromatic heterocycles. The van der Waals surface area contributed by atoms with Crippen LogP contribution in [-0.2, 0) is 9.47 Å². The summed E-state index contributed by atoms with van der Waals surface area (Å²) in [5.41, 5.74) is -0.0665.